The van der Waals surface area contributed by atoms with E-state index in [2.05, 4.69) is 25.3 Å². The third kappa shape index (κ3) is 8.85. The number of nitrogen functional groups attached to an aromatic ring is 1. The van der Waals surface area contributed by atoms with Crippen LogP contribution in [0.25, 0.3) is 11.1 Å². The van der Waals surface area contributed by atoms with Gasteiger partial charge in [0.2, 0.25) is 0 Å². The van der Waals surface area contributed by atoms with Crippen LogP contribution in [0.4, 0.5) is 34.4 Å². The number of alkyl halides is 3. The van der Waals surface area contributed by atoms with Crippen molar-refractivity contribution in [1.29, 1.82) is 0 Å². The van der Waals surface area contributed by atoms with E-state index in [1.54, 1.807) is 41.5 Å². The highest BCUT2D eigenvalue weighted by molar-refractivity contribution is 5.84. The molecule has 1 aliphatic rings. The number of nitrogens with one attached hydrogen (secondary N) is 1. The summed E-state index contributed by atoms with van der Waals surface area (Å²) >= 11 is 0. The highest BCUT2D eigenvalue weighted by Crippen LogP contribution is 2.39. The molecule has 4 rings (SSSR count). The Bertz CT molecular complexity index is 1490. The molecule has 1 amide bonds. The predicted octanol–water partition coefficient (Wildman–Crippen LogP) is 6.25. The maximum atomic E-state index is 13.3. The summed E-state index contributed by atoms with van der Waals surface area (Å²) in [5.74, 6) is 0.562. The van der Waals surface area contributed by atoms with Crippen molar-refractivity contribution in [2.24, 2.45) is 5.92 Å². The third-order valence-corrected chi connectivity index (χ3v) is 7.25. The number of amides is 1. The van der Waals surface area contributed by atoms with Gasteiger partial charge in [0, 0.05) is 37.3 Å². The van der Waals surface area contributed by atoms with Gasteiger partial charge in [-0.2, -0.15) is 23.0 Å². The molecule has 1 aliphatic heterocycles. The van der Waals surface area contributed by atoms with Crippen LogP contribution in [0.5, 0.6) is 0 Å². The fourth-order valence-corrected chi connectivity index (χ4v) is 5.26. The number of hydrogen-bond donors (Lipinski definition) is 2. The second-order valence-electron chi connectivity index (χ2n) is 13.0. The van der Waals surface area contributed by atoms with E-state index in [4.69, 9.17) is 15.2 Å². The molecule has 0 aliphatic carbocycles. The quantitative estimate of drug-likeness (QED) is 0.323. The van der Waals surface area contributed by atoms with Gasteiger partial charge < -0.3 is 25.4 Å². The molecule has 1 fully saturated rings. The fourth-order valence-electron chi connectivity index (χ4n) is 5.26. The van der Waals surface area contributed by atoms with Crippen LogP contribution in [0.15, 0.2) is 43.0 Å². The van der Waals surface area contributed by atoms with Crippen molar-refractivity contribution in [3.8, 4) is 11.1 Å². The summed E-state index contributed by atoms with van der Waals surface area (Å²) in [5, 5.41) is 6.95. The molecular weight excluding hydrogens is 591 g/mol. The number of nitrogens with two attached hydrogens (primary N) is 1. The Labute approximate surface area is 260 Å². The van der Waals surface area contributed by atoms with Crippen LogP contribution in [-0.2, 0) is 15.7 Å². The van der Waals surface area contributed by atoms with Gasteiger partial charge in [-0.3, -0.25) is 0 Å². The summed E-state index contributed by atoms with van der Waals surface area (Å²) in [7, 11) is 0. The number of carbonyl (C=O) groups is 2. The number of aromatic nitrogens is 4. The SMILES string of the molecule is CC(C)(C)OC(=O)NCC(c1ccc(C(F)(F)F)cc1)C1CCN(c2ncnc(N)c2-c2cnn(C(=O)OC(C)(C)C)c2)CC1. The number of anilines is 2. The Balaban J connectivity index is 1.54. The number of benzene rings is 1. The molecule has 0 spiro atoms. The standard InChI is InChI=1S/C31H40F3N7O4/c1-29(2,3)44-27(42)36-16-23(19-7-9-22(10-8-19)31(32,33)34)20-11-13-40(14-12-20)26-24(25(35)37-18-38-26)21-15-39-41(17-21)28(43)45-30(4,5)6/h7-10,15,17-18,20,23H,11-14,16H2,1-6H3,(H,36,42)(H2,35,37,38). The van der Waals surface area contributed by atoms with Gasteiger partial charge in [0.05, 0.1) is 17.3 Å². The average Bonchev–Trinajstić information content (AvgIpc) is 3.41. The zero-order valence-corrected chi connectivity index (χ0v) is 26.3. The van der Waals surface area contributed by atoms with Gasteiger partial charge in [0.15, 0.2) is 0 Å². The molecule has 3 heterocycles. The summed E-state index contributed by atoms with van der Waals surface area (Å²) in [6.07, 6.45) is 0.0131. The smallest absolute Gasteiger partial charge is 0.435 e. The van der Waals surface area contributed by atoms with Crippen LogP contribution < -0.4 is 16.0 Å². The molecule has 2 aromatic heterocycles. The Morgan fingerprint density at radius 3 is 2.20 bits per heavy atom. The van der Waals surface area contributed by atoms with E-state index in [1.807, 2.05) is 0 Å². The van der Waals surface area contributed by atoms with E-state index in [0.29, 0.717) is 48.4 Å². The first-order valence-corrected chi connectivity index (χ1v) is 14.7. The maximum Gasteiger partial charge on any atom is 0.435 e. The molecule has 14 heteroatoms. The van der Waals surface area contributed by atoms with Gasteiger partial charge in [-0.15, -0.1) is 0 Å². The van der Waals surface area contributed by atoms with Gasteiger partial charge in [-0.05, 0) is 78.0 Å². The maximum absolute atomic E-state index is 13.3. The number of hydrogen-bond acceptors (Lipinski definition) is 9. The van der Waals surface area contributed by atoms with E-state index in [0.717, 1.165) is 16.8 Å². The van der Waals surface area contributed by atoms with E-state index in [1.165, 1.54) is 30.9 Å². The minimum Gasteiger partial charge on any atom is -0.444 e. The van der Waals surface area contributed by atoms with Crippen molar-refractivity contribution >= 4 is 23.8 Å². The number of piperidine rings is 1. The third-order valence-electron chi connectivity index (χ3n) is 7.25. The summed E-state index contributed by atoms with van der Waals surface area (Å²) in [4.78, 5) is 35.7. The predicted molar refractivity (Wildman–Crippen MR) is 163 cm³/mol. The summed E-state index contributed by atoms with van der Waals surface area (Å²) in [5.41, 5.74) is 5.92. The van der Waals surface area contributed by atoms with Crippen molar-refractivity contribution in [3.63, 3.8) is 0 Å². The number of halogens is 3. The Kier molecular flexibility index (Phi) is 9.64. The van der Waals surface area contributed by atoms with Gasteiger partial charge in [-0.1, -0.05) is 12.1 Å². The average molecular weight is 632 g/mol. The normalized spacial score (nSPS) is 15.4. The number of carbonyl (C=O) groups excluding carboxylic acids is 2. The first kappa shape index (κ1) is 33.5. The molecular formula is C31H40F3N7O4. The highest BCUT2D eigenvalue weighted by Gasteiger charge is 2.33. The minimum atomic E-state index is -4.45. The second kappa shape index (κ2) is 12.9. The van der Waals surface area contributed by atoms with E-state index >= 15 is 0 Å². The van der Waals surface area contributed by atoms with Crippen LogP contribution in [0, 0.1) is 5.92 Å². The van der Waals surface area contributed by atoms with E-state index < -0.39 is 35.1 Å². The molecule has 1 atom stereocenters. The first-order chi connectivity index (χ1) is 20.9. The fraction of sp³-hybridized carbons (Fsp3) is 0.516. The number of nitrogens with zero attached hydrogens (tertiary/aromatic N) is 5. The summed E-state index contributed by atoms with van der Waals surface area (Å²) in [6, 6.07) is 5.08. The van der Waals surface area contributed by atoms with Crippen LogP contribution in [0.2, 0.25) is 0 Å². The largest absolute Gasteiger partial charge is 0.444 e. The molecule has 244 valence electrons. The van der Waals surface area contributed by atoms with Crippen LogP contribution in [0.3, 0.4) is 0 Å². The lowest BCUT2D eigenvalue weighted by atomic mass is 9.79. The lowest BCUT2D eigenvalue weighted by Crippen LogP contribution is -2.40. The second-order valence-corrected chi connectivity index (χ2v) is 13.0. The first-order valence-electron chi connectivity index (χ1n) is 14.7. The lowest BCUT2D eigenvalue weighted by molar-refractivity contribution is -0.137. The summed E-state index contributed by atoms with van der Waals surface area (Å²) in [6.45, 7) is 11.8. The number of rotatable bonds is 6. The molecule has 45 heavy (non-hydrogen) atoms. The topological polar surface area (TPSA) is 137 Å². The Morgan fingerprint density at radius 2 is 1.62 bits per heavy atom. The van der Waals surface area contributed by atoms with Gasteiger partial charge >= 0.3 is 18.4 Å². The molecule has 3 N–H and O–H groups in total. The molecule has 0 radical (unpaired) electrons. The van der Waals surface area contributed by atoms with Crippen LogP contribution in [-0.4, -0.2) is 62.8 Å². The van der Waals surface area contributed by atoms with Gasteiger partial charge in [-0.25, -0.2) is 19.6 Å². The van der Waals surface area contributed by atoms with E-state index in [9.17, 15) is 22.8 Å². The van der Waals surface area contributed by atoms with Crippen molar-refractivity contribution < 1.29 is 32.2 Å². The molecule has 0 saturated carbocycles. The van der Waals surface area contributed by atoms with Crippen LogP contribution >= 0.6 is 0 Å². The minimum absolute atomic E-state index is 0.0328. The van der Waals surface area contributed by atoms with Crippen molar-refractivity contribution in [3.05, 3.63) is 54.1 Å². The van der Waals surface area contributed by atoms with Crippen molar-refractivity contribution in [2.45, 2.75) is 77.7 Å². The van der Waals surface area contributed by atoms with Crippen LogP contribution in [0.1, 0.15) is 71.4 Å². The Morgan fingerprint density at radius 1 is 1.00 bits per heavy atom. The zero-order valence-electron chi connectivity index (χ0n) is 26.3. The molecule has 1 saturated heterocycles. The zero-order chi connectivity index (χ0) is 33.2. The molecule has 11 nitrogen and oxygen atoms in total. The summed E-state index contributed by atoms with van der Waals surface area (Å²) < 4.78 is 51.6. The Hall–Kier alpha value is -4.36. The van der Waals surface area contributed by atoms with Gasteiger partial charge in [0.1, 0.15) is 29.2 Å². The number of alkyl carbamates (subject to hydrolysis) is 1. The molecule has 1 unspecified atom stereocenters. The highest BCUT2D eigenvalue weighted by atomic mass is 19.4. The monoisotopic (exact) mass is 631 g/mol. The van der Waals surface area contributed by atoms with E-state index in [-0.39, 0.29) is 24.2 Å². The van der Waals surface area contributed by atoms with Crippen molar-refractivity contribution in [1.82, 2.24) is 25.1 Å². The molecule has 3 aromatic rings. The molecule has 1 aromatic carbocycles. The number of ether oxygens (including phenoxy) is 2. The lowest BCUT2D eigenvalue weighted by Gasteiger charge is -2.37. The molecule has 0 bridgehead atoms. The van der Waals surface area contributed by atoms with Gasteiger partial charge in [0.25, 0.3) is 0 Å². The van der Waals surface area contributed by atoms with Crippen molar-refractivity contribution in [2.75, 3.05) is 30.3 Å².